The molecule has 5 rings (SSSR count). The minimum Gasteiger partial charge on any atom is -0.493 e. The van der Waals surface area contributed by atoms with Crippen LogP contribution in [0.15, 0.2) is 48.7 Å². The van der Waals surface area contributed by atoms with Crippen LogP contribution in [0.25, 0.3) is 29.0 Å². The van der Waals surface area contributed by atoms with Gasteiger partial charge in [-0.25, -0.2) is 18.7 Å². The number of methoxy groups -OCH3 is 1. The Kier molecular flexibility index (Phi) is 6.15. The van der Waals surface area contributed by atoms with Gasteiger partial charge in [0.25, 0.3) is 0 Å². The number of ether oxygens (including phenoxy) is 2. The van der Waals surface area contributed by atoms with Crippen molar-refractivity contribution in [2.24, 2.45) is 0 Å². The molecule has 0 bridgehead atoms. The van der Waals surface area contributed by atoms with Crippen LogP contribution in [0.1, 0.15) is 42.6 Å². The van der Waals surface area contributed by atoms with Gasteiger partial charge in [0, 0.05) is 23.9 Å². The summed E-state index contributed by atoms with van der Waals surface area (Å²) in [5.41, 5.74) is 1.81. The second-order valence-electron chi connectivity index (χ2n) is 8.31. The van der Waals surface area contributed by atoms with Gasteiger partial charge in [0.1, 0.15) is 17.7 Å². The van der Waals surface area contributed by atoms with Crippen molar-refractivity contribution in [1.82, 2.24) is 14.5 Å². The van der Waals surface area contributed by atoms with Crippen molar-refractivity contribution in [2.45, 2.75) is 31.8 Å². The summed E-state index contributed by atoms with van der Waals surface area (Å²) in [5, 5.41) is 9.10. The standard InChI is InChI=1S/C27H22F2N4O2/c1-34-24-8-4-5-18(27(24)35-19-6-2-3-7-19)10-12-26-32-22-13-20(28)21(29)14-23(22)33(26)25-11-9-17(15-30)16-31-25/h4-5,8-14,16,19H,2-3,6-7H2,1H3/b12-10+. The highest BCUT2D eigenvalue weighted by molar-refractivity contribution is 5.82. The van der Waals surface area contributed by atoms with E-state index >= 15 is 0 Å². The quantitative estimate of drug-likeness (QED) is 0.341. The maximum atomic E-state index is 14.1. The van der Waals surface area contributed by atoms with Gasteiger partial charge < -0.3 is 9.47 Å². The van der Waals surface area contributed by atoms with Crippen LogP contribution in [0.2, 0.25) is 0 Å². The van der Waals surface area contributed by atoms with Gasteiger partial charge in [-0.1, -0.05) is 12.1 Å². The first kappa shape index (κ1) is 22.5. The topological polar surface area (TPSA) is 73.0 Å². The Bertz CT molecular complexity index is 1450. The summed E-state index contributed by atoms with van der Waals surface area (Å²) in [7, 11) is 1.60. The predicted octanol–water partition coefficient (Wildman–Crippen LogP) is 6.07. The van der Waals surface area contributed by atoms with Crippen LogP contribution < -0.4 is 9.47 Å². The zero-order chi connectivity index (χ0) is 24.4. The van der Waals surface area contributed by atoms with E-state index in [4.69, 9.17) is 14.7 Å². The maximum absolute atomic E-state index is 14.1. The highest BCUT2D eigenvalue weighted by Gasteiger charge is 2.20. The predicted molar refractivity (Wildman–Crippen MR) is 128 cm³/mol. The summed E-state index contributed by atoms with van der Waals surface area (Å²) < 4.78 is 41.5. The average Bonchev–Trinajstić information content (AvgIpc) is 3.51. The first-order valence-electron chi connectivity index (χ1n) is 11.3. The zero-order valence-electron chi connectivity index (χ0n) is 19.0. The monoisotopic (exact) mass is 472 g/mol. The molecular formula is C27H22F2N4O2. The highest BCUT2D eigenvalue weighted by Crippen LogP contribution is 2.36. The number of hydrogen-bond acceptors (Lipinski definition) is 5. The number of hydrogen-bond donors (Lipinski definition) is 0. The summed E-state index contributed by atoms with van der Waals surface area (Å²) in [6.07, 6.45) is 9.41. The van der Waals surface area contributed by atoms with Crippen LogP contribution in [-0.2, 0) is 0 Å². The van der Waals surface area contributed by atoms with Crippen LogP contribution in [0, 0.1) is 23.0 Å². The van der Waals surface area contributed by atoms with E-state index in [2.05, 4.69) is 9.97 Å². The van der Waals surface area contributed by atoms with Gasteiger partial charge in [-0.05, 0) is 56.0 Å². The maximum Gasteiger partial charge on any atom is 0.168 e. The molecule has 0 unspecified atom stereocenters. The number of para-hydroxylation sites is 1. The molecule has 2 aromatic heterocycles. The fourth-order valence-electron chi connectivity index (χ4n) is 4.32. The third-order valence-electron chi connectivity index (χ3n) is 6.06. The van der Waals surface area contributed by atoms with E-state index in [9.17, 15) is 8.78 Å². The van der Waals surface area contributed by atoms with Crippen molar-refractivity contribution in [3.8, 4) is 23.4 Å². The first-order chi connectivity index (χ1) is 17.1. The van der Waals surface area contributed by atoms with Crippen LogP contribution in [0.3, 0.4) is 0 Å². The summed E-state index contributed by atoms with van der Waals surface area (Å²) in [6.45, 7) is 0. The second-order valence-corrected chi connectivity index (χ2v) is 8.31. The molecule has 6 nitrogen and oxygen atoms in total. The van der Waals surface area contributed by atoms with Gasteiger partial charge >= 0.3 is 0 Å². The number of nitrogens with zero attached hydrogens (tertiary/aromatic N) is 4. The average molecular weight is 472 g/mol. The number of rotatable bonds is 6. The van der Waals surface area contributed by atoms with Gasteiger partial charge in [-0.3, -0.25) is 4.57 Å². The lowest BCUT2D eigenvalue weighted by Crippen LogP contribution is -2.12. The van der Waals surface area contributed by atoms with Gasteiger partial charge in [-0.15, -0.1) is 0 Å². The van der Waals surface area contributed by atoms with Crippen molar-refractivity contribution >= 4 is 23.2 Å². The molecule has 2 heterocycles. The fraction of sp³-hybridized carbons (Fsp3) is 0.222. The molecule has 35 heavy (non-hydrogen) atoms. The summed E-state index contributed by atoms with van der Waals surface area (Å²) in [5.74, 6) is 0.148. The zero-order valence-corrected chi connectivity index (χ0v) is 19.0. The Balaban J connectivity index is 1.61. The van der Waals surface area contributed by atoms with E-state index in [1.54, 1.807) is 29.9 Å². The Hall–Kier alpha value is -4.25. The number of fused-ring (bicyclic) bond motifs is 1. The summed E-state index contributed by atoms with van der Waals surface area (Å²) >= 11 is 0. The van der Waals surface area contributed by atoms with E-state index in [0.717, 1.165) is 43.4 Å². The Morgan fingerprint density at radius 3 is 2.60 bits per heavy atom. The van der Waals surface area contributed by atoms with E-state index in [1.165, 1.54) is 6.20 Å². The molecule has 0 atom stereocenters. The Morgan fingerprint density at radius 1 is 1.09 bits per heavy atom. The van der Waals surface area contributed by atoms with Gasteiger partial charge in [-0.2, -0.15) is 5.26 Å². The van der Waals surface area contributed by atoms with Crippen LogP contribution in [0.4, 0.5) is 8.78 Å². The normalized spacial score (nSPS) is 14.0. The molecule has 0 saturated heterocycles. The second kappa shape index (κ2) is 9.55. The molecule has 0 radical (unpaired) electrons. The molecule has 0 amide bonds. The number of halogens is 2. The van der Waals surface area contributed by atoms with E-state index < -0.39 is 11.6 Å². The fourth-order valence-corrected chi connectivity index (χ4v) is 4.32. The smallest absolute Gasteiger partial charge is 0.168 e. The molecule has 0 spiro atoms. The van der Waals surface area contributed by atoms with Crippen molar-refractivity contribution in [3.63, 3.8) is 0 Å². The molecule has 0 N–H and O–H groups in total. The number of imidazole rings is 1. The van der Waals surface area contributed by atoms with Crippen LogP contribution >= 0.6 is 0 Å². The minimum absolute atomic E-state index is 0.136. The molecule has 1 aliphatic carbocycles. The van der Waals surface area contributed by atoms with Crippen molar-refractivity contribution in [2.75, 3.05) is 7.11 Å². The largest absolute Gasteiger partial charge is 0.493 e. The molecule has 1 fully saturated rings. The molecule has 1 saturated carbocycles. The number of aromatic nitrogens is 3. The third kappa shape index (κ3) is 4.45. The SMILES string of the molecule is COc1cccc(/C=C/c2nc3cc(F)c(F)cc3n2-c2ccc(C#N)cn2)c1OC1CCCC1. The van der Waals surface area contributed by atoms with Gasteiger partial charge in [0.15, 0.2) is 23.1 Å². The first-order valence-corrected chi connectivity index (χ1v) is 11.3. The third-order valence-corrected chi connectivity index (χ3v) is 6.06. The number of pyridine rings is 1. The van der Waals surface area contributed by atoms with Crippen molar-refractivity contribution in [3.05, 3.63) is 77.2 Å². The van der Waals surface area contributed by atoms with Gasteiger partial charge in [0.2, 0.25) is 0 Å². The molecule has 8 heteroatoms. The molecule has 1 aliphatic rings. The Morgan fingerprint density at radius 2 is 1.89 bits per heavy atom. The minimum atomic E-state index is -0.983. The number of nitriles is 1. The van der Waals surface area contributed by atoms with Gasteiger partial charge in [0.05, 0.1) is 29.8 Å². The molecule has 2 aromatic carbocycles. The van der Waals surface area contributed by atoms with E-state index in [1.807, 2.05) is 30.3 Å². The van der Waals surface area contributed by atoms with Crippen LogP contribution in [0.5, 0.6) is 11.5 Å². The Labute approximate surface area is 201 Å². The molecule has 176 valence electrons. The summed E-state index contributed by atoms with van der Waals surface area (Å²) in [4.78, 5) is 8.85. The highest BCUT2D eigenvalue weighted by atomic mass is 19.2. The molecule has 4 aromatic rings. The van der Waals surface area contributed by atoms with E-state index in [0.29, 0.717) is 34.2 Å². The molecule has 0 aliphatic heterocycles. The van der Waals surface area contributed by atoms with Crippen LogP contribution in [-0.4, -0.2) is 27.7 Å². The van der Waals surface area contributed by atoms with Crippen molar-refractivity contribution < 1.29 is 18.3 Å². The number of benzene rings is 2. The van der Waals surface area contributed by atoms with Crippen molar-refractivity contribution in [1.29, 1.82) is 5.26 Å². The summed E-state index contributed by atoms with van der Waals surface area (Å²) in [6, 6.07) is 13.1. The lowest BCUT2D eigenvalue weighted by molar-refractivity contribution is 0.200. The lowest BCUT2D eigenvalue weighted by Gasteiger charge is -2.18. The molecular weight excluding hydrogens is 450 g/mol. The lowest BCUT2D eigenvalue weighted by atomic mass is 10.1. The van der Waals surface area contributed by atoms with E-state index in [-0.39, 0.29) is 11.6 Å².